The summed E-state index contributed by atoms with van der Waals surface area (Å²) in [5.41, 5.74) is 7.93. The number of hydrazine groups is 1. The third-order valence-corrected chi connectivity index (χ3v) is 8.34. The molecule has 1 aromatic carbocycles. The Morgan fingerprint density at radius 2 is 1.95 bits per heavy atom. The Hall–Kier alpha value is -3.93. The number of hydrogen-bond donors (Lipinski definition) is 3. The number of aromatic nitrogens is 3. The van der Waals surface area contributed by atoms with Gasteiger partial charge < -0.3 is 16.0 Å². The molecule has 1 saturated heterocycles. The number of anilines is 1. The van der Waals surface area contributed by atoms with Gasteiger partial charge in [0.1, 0.15) is 5.16 Å². The number of amides is 2. The first-order chi connectivity index (χ1) is 20.1. The van der Waals surface area contributed by atoms with Gasteiger partial charge in [-0.05, 0) is 48.7 Å². The van der Waals surface area contributed by atoms with Crippen LogP contribution in [0.25, 0.3) is 11.3 Å². The lowest BCUT2D eigenvalue weighted by atomic mass is 9.73. The summed E-state index contributed by atoms with van der Waals surface area (Å²) < 4.78 is 1.57. The molecule has 2 aromatic heterocycles. The van der Waals surface area contributed by atoms with Crippen molar-refractivity contribution in [3.05, 3.63) is 86.9 Å². The van der Waals surface area contributed by atoms with Crippen molar-refractivity contribution in [2.75, 3.05) is 24.6 Å². The molecule has 2 aliphatic rings. The molecular weight excluding hydrogens is 579 g/mol. The molecule has 2 aliphatic heterocycles. The minimum atomic E-state index is -0.428. The molecule has 42 heavy (non-hydrogen) atoms. The van der Waals surface area contributed by atoms with Crippen LogP contribution >= 0.6 is 23.2 Å². The minimum absolute atomic E-state index is 0.0200. The number of nitrogens with zero attached hydrogens (tertiary/aromatic N) is 5. The molecule has 0 aliphatic carbocycles. The Morgan fingerprint density at radius 3 is 2.67 bits per heavy atom. The predicted molar refractivity (Wildman–Crippen MR) is 161 cm³/mol. The number of nitrogens with one attached hydrogen (secondary N) is 1. The largest absolute Gasteiger partial charge is 0.388 e. The standard InChI is InChI=1S/C29H32Cl2N8O3/c1-18-3-2-4-25(23-9-19(7-8-34-23)29(13-35-28(18)42)14-37(15-29)17-40)38-16-36-22(11-27(38)41)21-10-20(30)5-6-24(21)39(33)12-26(31)32/h5-12,16-18,25H,2-4,13-15,32-33H2,1H3,(H,35,42)/b26-12-. The van der Waals surface area contributed by atoms with E-state index in [9.17, 15) is 14.4 Å². The van der Waals surface area contributed by atoms with Crippen molar-refractivity contribution in [2.24, 2.45) is 17.5 Å². The van der Waals surface area contributed by atoms with Gasteiger partial charge in [0.25, 0.3) is 5.56 Å². The second-order valence-electron chi connectivity index (χ2n) is 10.9. The smallest absolute Gasteiger partial charge is 0.254 e. The summed E-state index contributed by atoms with van der Waals surface area (Å²) in [4.78, 5) is 48.9. The number of benzene rings is 1. The number of nitrogens with two attached hydrogens (primary N) is 2. The van der Waals surface area contributed by atoms with E-state index in [-0.39, 0.29) is 22.5 Å². The molecule has 2 bridgehead atoms. The number of carbonyl (C=O) groups excluding carboxylic acids is 2. The molecule has 1 fully saturated rings. The fourth-order valence-corrected chi connectivity index (χ4v) is 5.98. The predicted octanol–water partition coefficient (Wildman–Crippen LogP) is 2.87. The van der Waals surface area contributed by atoms with Crippen molar-refractivity contribution >= 4 is 41.2 Å². The van der Waals surface area contributed by atoms with Gasteiger partial charge in [0.2, 0.25) is 12.3 Å². The zero-order chi connectivity index (χ0) is 30.0. The first-order valence-corrected chi connectivity index (χ1v) is 14.3. The van der Waals surface area contributed by atoms with Crippen LogP contribution in [0.15, 0.2) is 65.1 Å². The van der Waals surface area contributed by atoms with E-state index in [4.69, 9.17) is 34.8 Å². The quantitative estimate of drug-likeness (QED) is 0.172. The van der Waals surface area contributed by atoms with Crippen molar-refractivity contribution in [3.8, 4) is 11.3 Å². The Balaban J connectivity index is 1.55. The van der Waals surface area contributed by atoms with Crippen LogP contribution in [-0.2, 0) is 15.0 Å². The first-order valence-electron chi connectivity index (χ1n) is 13.6. The van der Waals surface area contributed by atoms with Gasteiger partial charge in [-0.1, -0.05) is 36.5 Å². The molecular formula is C29H32Cl2N8O3. The van der Waals surface area contributed by atoms with Gasteiger partial charge in [0.05, 0.1) is 35.6 Å². The lowest BCUT2D eigenvalue weighted by Crippen LogP contribution is -2.63. The van der Waals surface area contributed by atoms with Gasteiger partial charge >= 0.3 is 0 Å². The van der Waals surface area contributed by atoms with Crippen molar-refractivity contribution in [1.29, 1.82) is 0 Å². The molecule has 220 valence electrons. The summed E-state index contributed by atoms with van der Waals surface area (Å²) in [6.07, 6.45) is 7.28. The number of halogens is 2. The van der Waals surface area contributed by atoms with E-state index in [0.29, 0.717) is 66.6 Å². The van der Waals surface area contributed by atoms with E-state index >= 15 is 0 Å². The molecule has 0 radical (unpaired) electrons. The van der Waals surface area contributed by atoms with Crippen LogP contribution < -0.4 is 27.5 Å². The lowest BCUT2D eigenvalue weighted by molar-refractivity contribution is -0.127. The average Bonchev–Trinajstić information content (AvgIpc) is 2.94. The molecule has 4 heterocycles. The molecule has 2 atom stereocenters. The van der Waals surface area contributed by atoms with Crippen molar-refractivity contribution in [1.82, 2.24) is 24.8 Å². The van der Waals surface area contributed by atoms with E-state index < -0.39 is 11.5 Å². The third-order valence-electron chi connectivity index (χ3n) is 8.01. The summed E-state index contributed by atoms with van der Waals surface area (Å²) in [5.74, 6) is 5.92. The van der Waals surface area contributed by atoms with E-state index in [0.717, 1.165) is 12.0 Å². The molecule has 5 N–H and O–H groups in total. The summed E-state index contributed by atoms with van der Waals surface area (Å²) in [6.45, 7) is 3.29. The minimum Gasteiger partial charge on any atom is -0.388 e. The fraction of sp³-hybridized carbons (Fsp3) is 0.345. The molecule has 3 aromatic rings. The molecule has 1 spiro atoms. The van der Waals surface area contributed by atoms with E-state index in [2.05, 4.69) is 15.3 Å². The maximum atomic E-state index is 13.7. The monoisotopic (exact) mass is 610 g/mol. The third kappa shape index (κ3) is 5.99. The van der Waals surface area contributed by atoms with Gasteiger partial charge in [-0.2, -0.15) is 0 Å². The highest BCUT2D eigenvalue weighted by Gasteiger charge is 2.45. The Bertz CT molecular complexity index is 1580. The zero-order valence-electron chi connectivity index (χ0n) is 23.0. The van der Waals surface area contributed by atoms with Crippen LogP contribution in [0.4, 0.5) is 5.69 Å². The summed E-state index contributed by atoms with van der Waals surface area (Å²) in [6, 6.07) is 9.91. The Kier molecular flexibility index (Phi) is 8.53. The number of carbonyl (C=O) groups is 2. The van der Waals surface area contributed by atoms with Gasteiger partial charge in [-0.15, -0.1) is 0 Å². The van der Waals surface area contributed by atoms with Crippen LogP contribution in [0, 0.1) is 5.92 Å². The van der Waals surface area contributed by atoms with Crippen LogP contribution in [0.3, 0.4) is 0 Å². The van der Waals surface area contributed by atoms with Crippen molar-refractivity contribution in [3.63, 3.8) is 0 Å². The number of pyridine rings is 1. The number of hydrogen-bond acceptors (Lipinski definition) is 8. The van der Waals surface area contributed by atoms with Gasteiger partial charge in [-0.25, -0.2) is 10.8 Å². The van der Waals surface area contributed by atoms with Gasteiger partial charge in [0.15, 0.2) is 0 Å². The molecule has 11 nitrogen and oxygen atoms in total. The SMILES string of the molecule is CC1CCCC(n2cnc(-c3cc(Cl)ccc3N(N)/C=C(\N)Cl)cc2=O)c2cc(ccn2)C2(CNC1=O)CN(C=O)C2. The second kappa shape index (κ2) is 12.1. The molecule has 13 heteroatoms. The van der Waals surface area contributed by atoms with Crippen molar-refractivity contribution < 1.29 is 9.59 Å². The summed E-state index contributed by atoms with van der Waals surface area (Å²) in [7, 11) is 0. The average molecular weight is 612 g/mol. The maximum absolute atomic E-state index is 13.7. The van der Waals surface area contributed by atoms with Crippen molar-refractivity contribution in [2.45, 2.75) is 37.6 Å². The maximum Gasteiger partial charge on any atom is 0.254 e. The first kappa shape index (κ1) is 29.6. The van der Waals surface area contributed by atoms with Crippen LogP contribution in [0.5, 0.6) is 0 Å². The summed E-state index contributed by atoms with van der Waals surface area (Å²) in [5, 5.41) is 4.75. The fourth-order valence-electron chi connectivity index (χ4n) is 5.70. The normalized spacial score (nSPS) is 20.6. The lowest BCUT2D eigenvalue weighted by Gasteiger charge is -2.49. The highest BCUT2D eigenvalue weighted by Crippen LogP contribution is 2.36. The molecule has 0 saturated carbocycles. The van der Waals surface area contributed by atoms with E-state index in [1.807, 2.05) is 19.1 Å². The van der Waals surface area contributed by atoms with Crippen LogP contribution in [-0.4, -0.2) is 51.4 Å². The Labute approximate surface area is 253 Å². The Morgan fingerprint density at radius 1 is 1.17 bits per heavy atom. The number of fused-ring (bicyclic) bond motifs is 3. The van der Waals surface area contributed by atoms with E-state index in [1.165, 1.54) is 23.6 Å². The highest BCUT2D eigenvalue weighted by atomic mass is 35.5. The van der Waals surface area contributed by atoms with Gasteiger partial charge in [-0.3, -0.25) is 28.9 Å². The molecule has 5 rings (SSSR count). The molecule has 2 unspecified atom stereocenters. The zero-order valence-corrected chi connectivity index (χ0v) is 24.6. The van der Waals surface area contributed by atoms with Gasteiger partial charge in [0, 0.05) is 53.8 Å². The van der Waals surface area contributed by atoms with E-state index in [1.54, 1.807) is 33.9 Å². The highest BCUT2D eigenvalue weighted by molar-refractivity contribution is 6.31. The summed E-state index contributed by atoms with van der Waals surface area (Å²) >= 11 is 12.1. The second-order valence-corrected chi connectivity index (χ2v) is 11.8. The van der Waals surface area contributed by atoms with Crippen LogP contribution in [0.1, 0.15) is 43.5 Å². The molecule has 2 amide bonds. The number of likely N-dealkylation sites (tertiary alicyclic amines) is 1. The number of rotatable bonds is 5. The topological polar surface area (TPSA) is 152 Å². The van der Waals surface area contributed by atoms with Crippen LogP contribution in [0.2, 0.25) is 5.02 Å².